The second kappa shape index (κ2) is 12.9. The zero-order valence-electron chi connectivity index (χ0n) is 21.9. The van der Waals surface area contributed by atoms with E-state index in [9.17, 15) is 50.8 Å². The maximum Gasteiger partial charge on any atom is 0.229 e. The molecule has 0 amide bonds. The molecule has 0 bridgehead atoms. The largest absolute Gasteiger partial charge is 0.508 e. The first-order valence-corrected chi connectivity index (χ1v) is 12.9. The summed E-state index contributed by atoms with van der Waals surface area (Å²) >= 11 is 0. The van der Waals surface area contributed by atoms with Crippen molar-refractivity contribution in [2.75, 3.05) is 6.61 Å². The molecular weight excluding hydrogens is 548 g/mol. The average molecular weight is 583 g/mol. The number of Topliss-reactive ketones (excluding diaryl/α,β-unsaturated/α-hetero) is 1. The highest BCUT2D eigenvalue weighted by molar-refractivity contribution is 6.01. The second-order valence-corrected chi connectivity index (χ2v) is 10.0. The maximum atomic E-state index is 12.7. The van der Waals surface area contributed by atoms with E-state index in [1.165, 1.54) is 19.1 Å². The van der Waals surface area contributed by atoms with Crippen LogP contribution in [0.2, 0.25) is 0 Å². The predicted octanol–water partition coefficient (Wildman–Crippen LogP) is -1.35. The Morgan fingerprint density at radius 2 is 1.46 bits per heavy atom. The molecule has 0 spiro atoms. The molecule has 2 saturated heterocycles. The van der Waals surface area contributed by atoms with Gasteiger partial charge in [-0.05, 0) is 31.0 Å². The van der Waals surface area contributed by atoms with Crippen LogP contribution in [0.3, 0.4) is 0 Å². The highest BCUT2D eigenvalue weighted by atomic mass is 16.8. The zero-order valence-corrected chi connectivity index (χ0v) is 21.9. The quantitative estimate of drug-likeness (QED) is 0.156. The summed E-state index contributed by atoms with van der Waals surface area (Å²) in [5.41, 5.74) is 0.385. The predicted molar refractivity (Wildman–Crippen MR) is 136 cm³/mol. The number of ether oxygens (including phenoxy) is 4. The van der Waals surface area contributed by atoms with Crippen LogP contribution in [0.25, 0.3) is 0 Å². The normalized spacial score (nSPS) is 33.8. The van der Waals surface area contributed by atoms with Gasteiger partial charge in [-0.1, -0.05) is 12.1 Å². The number of aromatic hydroxyl groups is 3. The summed E-state index contributed by atoms with van der Waals surface area (Å²) in [5.74, 6) is -2.00. The molecule has 0 aliphatic carbocycles. The molecule has 0 aromatic heterocycles. The standard InChI is InChI=1S/C27H34O14/c1-11-20(33)22(35)24(37)26(38-11)41-25-23(36)21(34)18(10-28)40-27(25)39-14-8-16(31)19(17(32)9-14)15(30)7-4-12-2-5-13(29)6-3-12/h2-3,5-6,8-9,11,18,20-29,31-37H,4,7,10H2,1H3/t11-,18-,20-,21+,22+,23+,24+,25-,26-,27+/m1/s1. The molecule has 9 N–H and O–H groups in total. The van der Waals surface area contributed by atoms with Gasteiger partial charge in [0.25, 0.3) is 0 Å². The highest BCUT2D eigenvalue weighted by Crippen LogP contribution is 2.36. The van der Waals surface area contributed by atoms with Crippen molar-refractivity contribution >= 4 is 5.78 Å². The van der Waals surface area contributed by atoms with Crippen LogP contribution in [0.1, 0.15) is 29.3 Å². The van der Waals surface area contributed by atoms with Gasteiger partial charge in [-0.25, -0.2) is 0 Å². The monoisotopic (exact) mass is 582 g/mol. The molecule has 14 nitrogen and oxygen atoms in total. The van der Waals surface area contributed by atoms with Gasteiger partial charge in [-0.15, -0.1) is 0 Å². The topological polar surface area (TPSA) is 236 Å². The van der Waals surface area contributed by atoms with E-state index in [0.29, 0.717) is 0 Å². The van der Waals surface area contributed by atoms with Crippen molar-refractivity contribution in [3.8, 4) is 23.0 Å². The van der Waals surface area contributed by atoms with E-state index in [2.05, 4.69) is 0 Å². The lowest BCUT2D eigenvalue weighted by atomic mass is 9.97. The number of rotatable bonds is 9. The van der Waals surface area contributed by atoms with Crippen molar-refractivity contribution in [2.24, 2.45) is 0 Å². The molecule has 2 aromatic rings. The van der Waals surface area contributed by atoms with Crippen molar-refractivity contribution in [3.63, 3.8) is 0 Å². The Kier molecular flexibility index (Phi) is 9.69. The van der Waals surface area contributed by atoms with Crippen LogP contribution in [-0.4, -0.2) is 120 Å². The lowest BCUT2D eigenvalue weighted by Crippen LogP contribution is -2.64. The summed E-state index contributed by atoms with van der Waals surface area (Å²) in [7, 11) is 0. The first-order valence-electron chi connectivity index (χ1n) is 12.9. The minimum atomic E-state index is -1.77. The van der Waals surface area contributed by atoms with E-state index in [1.807, 2.05) is 0 Å². The summed E-state index contributed by atoms with van der Waals surface area (Å²) in [4.78, 5) is 12.7. The van der Waals surface area contributed by atoms with E-state index in [0.717, 1.165) is 17.7 Å². The fourth-order valence-corrected chi connectivity index (χ4v) is 4.70. The Morgan fingerprint density at radius 3 is 2.07 bits per heavy atom. The summed E-state index contributed by atoms with van der Waals surface area (Å²) in [6.07, 6.45) is -15.3. The van der Waals surface area contributed by atoms with Crippen LogP contribution in [0.5, 0.6) is 23.0 Å². The molecule has 2 aliphatic rings. The molecule has 0 radical (unpaired) electrons. The van der Waals surface area contributed by atoms with Gasteiger partial charge >= 0.3 is 0 Å². The fourth-order valence-electron chi connectivity index (χ4n) is 4.70. The van der Waals surface area contributed by atoms with E-state index >= 15 is 0 Å². The molecule has 226 valence electrons. The molecule has 0 saturated carbocycles. The molecule has 2 heterocycles. The molecule has 4 rings (SSSR count). The minimum Gasteiger partial charge on any atom is -0.508 e. The molecule has 41 heavy (non-hydrogen) atoms. The van der Waals surface area contributed by atoms with Gasteiger partial charge in [0.05, 0.1) is 12.7 Å². The lowest BCUT2D eigenvalue weighted by Gasteiger charge is -2.45. The van der Waals surface area contributed by atoms with Gasteiger partial charge < -0.3 is 64.9 Å². The number of aliphatic hydroxyl groups excluding tert-OH is 6. The first-order chi connectivity index (χ1) is 19.4. The fraction of sp³-hybridized carbons (Fsp3) is 0.519. The third-order valence-corrected chi connectivity index (χ3v) is 7.10. The summed E-state index contributed by atoms with van der Waals surface area (Å²) < 4.78 is 22.2. The number of aliphatic hydroxyl groups is 6. The van der Waals surface area contributed by atoms with Gasteiger partial charge in [0, 0.05) is 18.6 Å². The zero-order chi connectivity index (χ0) is 30.0. The number of phenols is 3. The molecular formula is C27H34O14. The van der Waals surface area contributed by atoms with Crippen molar-refractivity contribution in [3.05, 3.63) is 47.5 Å². The number of hydrogen-bond acceptors (Lipinski definition) is 14. The highest BCUT2D eigenvalue weighted by Gasteiger charge is 2.51. The number of carbonyl (C=O) groups excluding carboxylic acids is 1. The first kappa shape index (κ1) is 30.9. The molecule has 10 atom stereocenters. The number of benzene rings is 2. The van der Waals surface area contributed by atoms with E-state index in [-0.39, 0.29) is 29.9 Å². The lowest BCUT2D eigenvalue weighted by molar-refractivity contribution is -0.354. The van der Waals surface area contributed by atoms with Crippen molar-refractivity contribution < 1.29 is 69.7 Å². The summed E-state index contributed by atoms with van der Waals surface area (Å²) in [5, 5.41) is 91.5. The third-order valence-electron chi connectivity index (χ3n) is 7.10. The van der Waals surface area contributed by atoms with E-state index < -0.39 is 85.3 Å². The molecule has 2 aliphatic heterocycles. The van der Waals surface area contributed by atoms with Gasteiger partial charge in [0.15, 0.2) is 18.2 Å². The van der Waals surface area contributed by atoms with Crippen molar-refractivity contribution in [1.29, 1.82) is 0 Å². The van der Waals surface area contributed by atoms with Gasteiger partial charge in [0.2, 0.25) is 6.29 Å². The SMILES string of the molecule is C[C@H]1O[C@H](O[C@H]2[C@@H](Oc3cc(O)c(C(=O)CCc4ccc(O)cc4)c(O)c3)O[C@H](CO)[C@H](O)[C@@H]2O)[C@@H](O)[C@@H](O)[C@@H]1O. The van der Waals surface area contributed by atoms with Crippen LogP contribution < -0.4 is 4.74 Å². The Morgan fingerprint density at radius 1 is 0.829 bits per heavy atom. The van der Waals surface area contributed by atoms with Crippen molar-refractivity contribution in [2.45, 2.75) is 81.2 Å². The Labute approximate surface area is 234 Å². The number of aryl methyl sites for hydroxylation is 1. The average Bonchev–Trinajstić information content (AvgIpc) is 2.93. The Hall–Kier alpha value is -3.05. The van der Waals surface area contributed by atoms with Crippen LogP contribution in [-0.2, 0) is 20.6 Å². The summed E-state index contributed by atoms with van der Waals surface area (Å²) in [6.45, 7) is 0.675. The second-order valence-electron chi connectivity index (χ2n) is 10.0. The number of ketones is 1. The minimum absolute atomic E-state index is 0.0706. The Balaban J connectivity index is 1.52. The van der Waals surface area contributed by atoms with E-state index in [4.69, 9.17) is 18.9 Å². The number of hydrogen-bond donors (Lipinski definition) is 9. The van der Waals surface area contributed by atoms with Gasteiger partial charge in [-0.2, -0.15) is 0 Å². The molecule has 14 heteroatoms. The third kappa shape index (κ3) is 6.72. The van der Waals surface area contributed by atoms with Crippen LogP contribution in [0.15, 0.2) is 36.4 Å². The number of carbonyl (C=O) groups is 1. The van der Waals surface area contributed by atoms with Crippen LogP contribution in [0, 0.1) is 0 Å². The van der Waals surface area contributed by atoms with E-state index in [1.54, 1.807) is 12.1 Å². The molecule has 0 unspecified atom stereocenters. The molecule has 2 aromatic carbocycles. The smallest absolute Gasteiger partial charge is 0.229 e. The van der Waals surface area contributed by atoms with Crippen LogP contribution in [0.4, 0.5) is 0 Å². The van der Waals surface area contributed by atoms with Crippen LogP contribution >= 0.6 is 0 Å². The Bertz CT molecular complexity index is 1170. The molecule has 2 fully saturated rings. The van der Waals surface area contributed by atoms with Gasteiger partial charge in [0.1, 0.15) is 65.2 Å². The summed E-state index contributed by atoms with van der Waals surface area (Å²) in [6, 6.07) is 8.22. The van der Waals surface area contributed by atoms with Gasteiger partial charge in [-0.3, -0.25) is 4.79 Å². The maximum absolute atomic E-state index is 12.7. The van der Waals surface area contributed by atoms with Crippen molar-refractivity contribution in [1.82, 2.24) is 0 Å². The number of phenolic OH excluding ortho intramolecular Hbond substituents is 3.